The maximum Gasteiger partial charge on any atom is 0.150 e. The first-order valence-corrected chi connectivity index (χ1v) is 4.61. The second-order valence-electron chi connectivity index (χ2n) is 3.22. The van der Waals surface area contributed by atoms with Crippen LogP contribution < -0.4 is 0 Å². The molecular weight excluding hydrogens is 191 g/mol. The van der Waals surface area contributed by atoms with Gasteiger partial charge in [-0.15, -0.1) is 0 Å². The Balaban J connectivity index is 2.57. The van der Waals surface area contributed by atoms with Crippen LogP contribution in [0.25, 0.3) is 11.1 Å². The molecule has 1 nitrogen and oxygen atoms in total. The Labute approximate surface area is 87.2 Å². The van der Waals surface area contributed by atoms with Crippen molar-refractivity contribution in [1.29, 1.82) is 0 Å². The molecule has 2 heteroatoms. The highest BCUT2D eigenvalue weighted by atomic mass is 19.1. The first-order valence-electron chi connectivity index (χ1n) is 4.61. The quantitative estimate of drug-likeness (QED) is 0.680. The lowest BCUT2D eigenvalue weighted by molar-refractivity contribution is 0.112. The second kappa shape index (κ2) is 4.05. The van der Waals surface area contributed by atoms with E-state index >= 15 is 0 Å². The Morgan fingerprint density at radius 1 is 1.00 bits per heavy atom. The number of aldehydes is 1. The molecule has 2 aromatic rings. The van der Waals surface area contributed by atoms with Gasteiger partial charge in [-0.1, -0.05) is 30.3 Å². The summed E-state index contributed by atoms with van der Waals surface area (Å²) in [5, 5.41) is 0. The van der Waals surface area contributed by atoms with Crippen molar-refractivity contribution in [1.82, 2.24) is 0 Å². The van der Waals surface area contributed by atoms with Crippen LogP contribution in [0.4, 0.5) is 4.39 Å². The highest BCUT2D eigenvalue weighted by molar-refractivity contribution is 5.79. The molecule has 0 radical (unpaired) electrons. The fourth-order valence-electron chi connectivity index (χ4n) is 1.46. The van der Waals surface area contributed by atoms with E-state index in [9.17, 15) is 9.18 Å². The zero-order chi connectivity index (χ0) is 10.7. The van der Waals surface area contributed by atoms with E-state index in [0.717, 1.165) is 5.56 Å². The summed E-state index contributed by atoms with van der Waals surface area (Å²) in [6.45, 7) is 0. The molecule has 0 fully saturated rings. The van der Waals surface area contributed by atoms with E-state index in [2.05, 4.69) is 0 Å². The van der Waals surface area contributed by atoms with Gasteiger partial charge in [-0.25, -0.2) is 4.39 Å². The van der Waals surface area contributed by atoms with Crippen LogP contribution in [0.15, 0.2) is 48.5 Å². The molecule has 74 valence electrons. The topological polar surface area (TPSA) is 17.1 Å². The van der Waals surface area contributed by atoms with E-state index in [1.807, 2.05) is 30.3 Å². The molecule has 0 aliphatic rings. The lowest BCUT2D eigenvalue weighted by Crippen LogP contribution is -1.87. The number of halogens is 1. The van der Waals surface area contributed by atoms with Crippen molar-refractivity contribution in [3.05, 3.63) is 59.9 Å². The third kappa shape index (κ3) is 1.94. The largest absolute Gasteiger partial charge is 0.298 e. The van der Waals surface area contributed by atoms with Gasteiger partial charge in [0.1, 0.15) is 12.1 Å². The maximum absolute atomic E-state index is 13.5. The van der Waals surface area contributed by atoms with Crippen LogP contribution in [0, 0.1) is 5.82 Å². The number of hydrogen-bond acceptors (Lipinski definition) is 1. The van der Waals surface area contributed by atoms with Crippen molar-refractivity contribution >= 4 is 6.29 Å². The zero-order valence-electron chi connectivity index (χ0n) is 7.98. The van der Waals surface area contributed by atoms with Crippen LogP contribution in [0.3, 0.4) is 0 Å². The van der Waals surface area contributed by atoms with Crippen LogP contribution in [0.2, 0.25) is 0 Å². The summed E-state index contributed by atoms with van der Waals surface area (Å²) in [5.74, 6) is -0.313. The summed E-state index contributed by atoms with van der Waals surface area (Å²) in [7, 11) is 0. The van der Waals surface area contributed by atoms with Crippen LogP contribution in [-0.4, -0.2) is 6.29 Å². The van der Waals surface area contributed by atoms with Gasteiger partial charge in [0.2, 0.25) is 0 Å². The van der Waals surface area contributed by atoms with Gasteiger partial charge in [0, 0.05) is 11.1 Å². The van der Waals surface area contributed by atoms with Crippen molar-refractivity contribution < 1.29 is 9.18 Å². The lowest BCUT2D eigenvalue weighted by atomic mass is 10.0. The molecule has 0 heterocycles. The molecular formula is C13H9FO. The number of carbonyl (C=O) groups is 1. The first-order chi connectivity index (χ1) is 7.31. The third-order valence-corrected chi connectivity index (χ3v) is 2.21. The van der Waals surface area contributed by atoms with Gasteiger partial charge in [-0.3, -0.25) is 4.79 Å². The number of benzene rings is 2. The molecule has 2 rings (SSSR count). The first kappa shape index (κ1) is 9.59. The minimum absolute atomic E-state index is 0.313. The molecule has 0 saturated carbocycles. The lowest BCUT2D eigenvalue weighted by Gasteiger charge is -2.03. The average molecular weight is 200 g/mol. The maximum atomic E-state index is 13.5. The SMILES string of the molecule is O=Cc1ccc(F)c(-c2ccccc2)c1. The molecule has 0 aromatic heterocycles. The Bertz CT molecular complexity index is 477. The Morgan fingerprint density at radius 3 is 2.40 bits per heavy atom. The van der Waals surface area contributed by atoms with Crippen molar-refractivity contribution in [3.8, 4) is 11.1 Å². The van der Waals surface area contributed by atoms with E-state index in [0.29, 0.717) is 17.4 Å². The van der Waals surface area contributed by atoms with E-state index in [1.165, 1.54) is 12.1 Å². The molecule has 2 aromatic carbocycles. The molecule has 0 N–H and O–H groups in total. The highest BCUT2D eigenvalue weighted by Gasteiger charge is 2.04. The van der Waals surface area contributed by atoms with E-state index < -0.39 is 0 Å². The molecule has 0 bridgehead atoms. The van der Waals surface area contributed by atoms with Gasteiger partial charge in [0.05, 0.1) is 0 Å². The summed E-state index contributed by atoms with van der Waals surface area (Å²) in [6, 6.07) is 13.5. The Morgan fingerprint density at radius 2 is 1.73 bits per heavy atom. The van der Waals surface area contributed by atoms with Gasteiger partial charge in [0.25, 0.3) is 0 Å². The van der Waals surface area contributed by atoms with Gasteiger partial charge < -0.3 is 0 Å². The van der Waals surface area contributed by atoms with E-state index in [-0.39, 0.29) is 5.82 Å². The second-order valence-corrected chi connectivity index (χ2v) is 3.22. The molecule has 15 heavy (non-hydrogen) atoms. The molecule has 0 saturated heterocycles. The van der Waals surface area contributed by atoms with Crippen molar-refractivity contribution in [3.63, 3.8) is 0 Å². The van der Waals surface area contributed by atoms with Gasteiger partial charge in [-0.05, 0) is 23.8 Å². The molecule has 0 aliphatic carbocycles. The van der Waals surface area contributed by atoms with Crippen LogP contribution in [0.1, 0.15) is 10.4 Å². The van der Waals surface area contributed by atoms with E-state index in [4.69, 9.17) is 0 Å². The smallest absolute Gasteiger partial charge is 0.150 e. The third-order valence-electron chi connectivity index (χ3n) is 2.21. The van der Waals surface area contributed by atoms with Crippen LogP contribution >= 0.6 is 0 Å². The number of hydrogen-bond donors (Lipinski definition) is 0. The molecule has 0 spiro atoms. The summed E-state index contributed by atoms with van der Waals surface area (Å²) < 4.78 is 13.5. The minimum Gasteiger partial charge on any atom is -0.298 e. The van der Waals surface area contributed by atoms with Crippen LogP contribution in [-0.2, 0) is 0 Å². The molecule has 0 unspecified atom stereocenters. The predicted molar refractivity (Wildman–Crippen MR) is 57.2 cm³/mol. The highest BCUT2D eigenvalue weighted by Crippen LogP contribution is 2.23. The summed E-state index contributed by atoms with van der Waals surface area (Å²) in [6.07, 6.45) is 0.714. The Kier molecular flexibility index (Phi) is 2.59. The fourth-order valence-corrected chi connectivity index (χ4v) is 1.46. The summed E-state index contributed by atoms with van der Waals surface area (Å²) in [5.41, 5.74) is 1.72. The van der Waals surface area contributed by atoms with Gasteiger partial charge in [0.15, 0.2) is 0 Å². The van der Waals surface area contributed by atoms with Crippen molar-refractivity contribution in [2.75, 3.05) is 0 Å². The van der Waals surface area contributed by atoms with Gasteiger partial charge >= 0.3 is 0 Å². The number of carbonyl (C=O) groups excluding carboxylic acids is 1. The summed E-state index contributed by atoms with van der Waals surface area (Å²) >= 11 is 0. The summed E-state index contributed by atoms with van der Waals surface area (Å²) in [4.78, 5) is 10.6. The monoisotopic (exact) mass is 200 g/mol. The average Bonchev–Trinajstić information content (AvgIpc) is 2.31. The molecule has 0 atom stereocenters. The number of rotatable bonds is 2. The fraction of sp³-hybridized carbons (Fsp3) is 0. The van der Waals surface area contributed by atoms with Crippen LogP contribution in [0.5, 0.6) is 0 Å². The minimum atomic E-state index is -0.313. The standard InChI is InChI=1S/C13H9FO/c14-13-7-6-10(9-15)8-12(13)11-4-2-1-3-5-11/h1-9H. The molecule has 0 aliphatic heterocycles. The normalized spacial score (nSPS) is 9.93. The van der Waals surface area contributed by atoms with Gasteiger partial charge in [-0.2, -0.15) is 0 Å². The molecule has 0 amide bonds. The van der Waals surface area contributed by atoms with E-state index in [1.54, 1.807) is 6.07 Å². The predicted octanol–water partition coefficient (Wildman–Crippen LogP) is 3.31. The Hall–Kier alpha value is -1.96. The van der Waals surface area contributed by atoms with Crippen molar-refractivity contribution in [2.24, 2.45) is 0 Å². The zero-order valence-corrected chi connectivity index (χ0v) is 7.98. The van der Waals surface area contributed by atoms with Crippen molar-refractivity contribution in [2.45, 2.75) is 0 Å².